The zero-order chi connectivity index (χ0) is 44.7. The second kappa shape index (κ2) is 13.4. The van der Waals surface area contributed by atoms with Gasteiger partial charge in [-0.1, -0.05) is 81.4 Å². The molecule has 62 heavy (non-hydrogen) atoms. The summed E-state index contributed by atoms with van der Waals surface area (Å²) in [6.45, 7) is 6.10. The maximum absolute atomic E-state index is 8.83. The van der Waals surface area contributed by atoms with Crippen LogP contribution in [0.3, 0.4) is 0 Å². The Hall–Kier alpha value is -6.75. The van der Waals surface area contributed by atoms with Crippen LogP contribution < -0.4 is 4.74 Å². The van der Waals surface area contributed by atoms with Gasteiger partial charge in [-0.2, -0.15) is 0 Å². The molecule has 5 aromatic heterocycles. The van der Waals surface area contributed by atoms with Crippen LogP contribution in [0.15, 0.2) is 140 Å². The van der Waals surface area contributed by atoms with E-state index < -0.39 is 6.85 Å². The molecule has 12 rings (SSSR count). The van der Waals surface area contributed by atoms with Gasteiger partial charge in [0.15, 0.2) is 0 Å². The van der Waals surface area contributed by atoms with Gasteiger partial charge in [0.2, 0.25) is 0 Å². The van der Waals surface area contributed by atoms with Crippen molar-refractivity contribution in [1.82, 2.24) is 23.1 Å². The van der Waals surface area contributed by atoms with E-state index in [2.05, 4.69) is 176 Å². The summed E-state index contributed by atoms with van der Waals surface area (Å²) >= 11 is 2.36. The van der Waals surface area contributed by atoms with Crippen LogP contribution in [0.25, 0.3) is 93.6 Å². The zero-order valence-electron chi connectivity index (χ0n) is 37.7. The van der Waals surface area contributed by atoms with Gasteiger partial charge in [0, 0.05) is 37.4 Å². The number of benzene rings is 7. The van der Waals surface area contributed by atoms with Crippen molar-refractivity contribution in [3.05, 3.63) is 172 Å². The summed E-state index contributed by atoms with van der Waals surface area (Å²) < 4.78 is 43.0. The predicted octanol–water partition coefficient (Wildman–Crippen LogP) is 13.7. The monoisotopic (exact) mass is 985 g/mol. The van der Waals surface area contributed by atoms with Crippen molar-refractivity contribution in [3.8, 4) is 34.1 Å². The number of rotatable bonds is 5. The number of para-hydroxylation sites is 4. The Balaban J connectivity index is 1.09. The summed E-state index contributed by atoms with van der Waals surface area (Å²) in [6, 6.07) is 53.2. The van der Waals surface area contributed by atoms with Gasteiger partial charge in [-0.25, -0.2) is 0 Å². The van der Waals surface area contributed by atoms with Crippen molar-refractivity contribution in [1.29, 1.82) is 0 Å². The third-order valence-corrected chi connectivity index (χ3v) is 13.9. The quantitative estimate of drug-likeness (QED) is 0.161. The fourth-order valence-electron chi connectivity index (χ4n) is 9.46. The molecule has 5 heterocycles. The smallest absolute Gasteiger partial charge is 0.0579 e. The number of hydrogen-bond donors (Lipinski definition) is 0. The second-order valence-corrected chi connectivity index (χ2v) is 18.4. The molecular weight excluding hydrogens is 942 g/mol. The predicted molar refractivity (Wildman–Crippen MR) is 250 cm³/mol. The van der Waals surface area contributed by atoms with E-state index in [-0.39, 0.29) is 11.0 Å². The number of aromatic nitrogens is 5. The Bertz CT molecular complexity index is 3990. The molecule has 0 unspecified atom stereocenters. The molecule has 7 aromatic carbocycles. The molecule has 0 bridgehead atoms. The first-order valence-electron chi connectivity index (χ1n) is 22.3. The normalized spacial score (nSPS) is 13.4. The van der Waals surface area contributed by atoms with Crippen LogP contribution in [0.1, 0.15) is 41.6 Å². The van der Waals surface area contributed by atoms with Gasteiger partial charge in [0.1, 0.15) is 0 Å². The number of aryl methyl sites for hydroxylation is 3. The molecule has 0 aliphatic rings. The third-order valence-electron chi connectivity index (χ3n) is 12.6. The Kier molecular flexibility index (Phi) is 7.31. The van der Waals surface area contributed by atoms with Gasteiger partial charge in [0.05, 0.1) is 16.6 Å². The van der Waals surface area contributed by atoms with Crippen molar-refractivity contribution < 1.29 is 28.2 Å². The average molecular weight is 986 g/mol. The van der Waals surface area contributed by atoms with Crippen molar-refractivity contribution in [2.75, 3.05) is 0 Å². The summed E-state index contributed by atoms with van der Waals surface area (Å²) in [6.07, 6.45) is 1.71. The number of hydrogen-bond acceptors (Lipinski definition) is 2. The molecule has 12 aromatic rings. The fourth-order valence-corrected chi connectivity index (χ4v) is 10.3. The van der Waals surface area contributed by atoms with Crippen molar-refractivity contribution >= 4 is 70.9 Å². The Morgan fingerprint density at radius 1 is 0.645 bits per heavy atom. The zero-order valence-corrected chi connectivity index (χ0v) is 37.0. The summed E-state index contributed by atoms with van der Waals surface area (Å²) in [7, 11) is 2.07. The Labute approximate surface area is 373 Å². The molecule has 7 heteroatoms. The minimum atomic E-state index is -2.43. The molecule has 0 radical (unpaired) electrons. The Morgan fingerprint density at radius 2 is 1.37 bits per heavy atom. The van der Waals surface area contributed by atoms with Crippen LogP contribution >= 0.6 is 0 Å². The molecule has 6 nitrogen and oxygen atoms in total. The second-order valence-electron chi connectivity index (χ2n) is 17.4. The van der Waals surface area contributed by atoms with Crippen LogP contribution in [-0.2, 0) is 31.8 Å². The van der Waals surface area contributed by atoms with E-state index in [1.807, 2.05) is 35.8 Å². The summed E-state index contributed by atoms with van der Waals surface area (Å²) in [5.74, 6) is 1.56. The number of nitrogens with zero attached hydrogens (tertiary/aromatic N) is 5. The van der Waals surface area contributed by atoms with E-state index in [0.717, 1.165) is 69.9 Å². The first-order chi connectivity index (χ1) is 31.2. The van der Waals surface area contributed by atoms with Gasteiger partial charge >= 0.3 is 201 Å². The topological polar surface area (TPSA) is 41.3 Å². The number of ether oxygens (including phenoxy) is 1. The average Bonchev–Trinajstić information content (AvgIpc) is 3.99. The molecule has 0 spiro atoms. The fraction of sp³-hybridized carbons (Fsp3) is 0.127. The molecule has 0 fully saturated rings. The molecule has 0 saturated heterocycles. The van der Waals surface area contributed by atoms with Gasteiger partial charge in [-0.15, -0.1) is 0 Å². The molecule has 304 valence electrons. The SMILES string of the molecule is [2H]C([2H])([2H])c1cc(-n2c3[c-]c(Oc4[c-]c(-n5[c](=[Pt])n(C)c6ccccc65)ccc4C)ccc3c3cc4c5cccc6c7ccccc7n(c4cc32)c65)ncc1-c1ccc(C(C)(C)C)cc1. The maximum atomic E-state index is 8.83. The van der Waals surface area contributed by atoms with E-state index in [1.165, 1.54) is 27.2 Å². The summed E-state index contributed by atoms with van der Waals surface area (Å²) in [5, 5.41) is 6.66. The first-order valence-corrected chi connectivity index (χ1v) is 21.9. The summed E-state index contributed by atoms with van der Waals surface area (Å²) in [5.41, 5.74) is 11.7. The van der Waals surface area contributed by atoms with E-state index in [1.54, 1.807) is 12.3 Å². The minimum absolute atomic E-state index is 0.0443. The summed E-state index contributed by atoms with van der Waals surface area (Å²) in [4.78, 5) is 5.10. The molecular formula is C55H41N5OPt-2. The van der Waals surface area contributed by atoms with E-state index >= 15 is 0 Å². The van der Waals surface area contributed by atoms with Crippen molar-refractivity contribution in [2.24, 2.45) is 7.05 Å². The third kappa shape index (κ3) is 5.39. The van der Waals surface area contributed by atoms with Gasteiger partial charge in [-0.05, 0) is 35.0 Å². The van der Waals surface area contributed by atoms with Crippen LogP contribution in [-0.4, -0.2) is 23.1 Å². The Morgan fingerprint density at radius 3 is 2.16 bits per heavy atom. The van der Waals surface area contributed by atoms with Crippen LogP contribution in [0.2, 0.25) is 0 Å². The van der Waals surface area contributed by atoms with Crippen LogP contribution in [0.5, 0.6) is 11.5 Å². The number of pyridine rings is 1. The van der Waals surface area contributed by atoms with Crippen molar-refractivity contribution in [2.45, 2.75) is 40.0 Å². The number of imidazole rings is 1. The van der Waals surface area contributed by atoms with Gasteiger partial charge < -0.3 is 4.40 Å². The molecule has 0 saturated carbocycles. The van der Waals surface area contributed by atoms with Crippen LogP contribution in [0, 0.1) is 29.7 Å². The molecule has 0 amide bonds. The molecule has 0 N–H and O–H groups in total. The van der Waals surface area contributed by atoms with Gasteiger partial charge in [0.25, 0.3) is 0 Å². The first kappa shape index (κ1) is 33.9. The van der Waals surface area contributed by atoms with E-state index in [4.69, 9.17) is 13.8 Å². The van der Waals surface area contributed by atoms with Crippen molar-refractivity contribution in [3.63, 3.8) is 0 Å². The minimum Gasteiger partial charge on any atom is -0.0579 e. The van der Waals surface area contributed by atoms with Gasteiger partial charge in [-0.3, -0.25) is 0 Å². The van der Waals surface area contributed by atoms with Crippen LogP contribution in [0.4, 0.5) is 0 Å². The standard InChI is InChI=1S/C55H41N5O.Pt/c1-33-18-23-37(58-32-57(6)47-16-9-10-17-48(47)58)27-52(33)61-38-24-25-40-43-29-44-42-14-11-13-41-39-12-7-8-15-46(39)60(54(41)42)51(44)30-50(43)59(49(40)28-38)53-26-34(2)45(31-56-53)35-19-21-36(22-20-35)55(3,4)5;/h7-26,29-31H,1-6H3;/q-2;/i2D3;. The van der Waals surface area contributed by atoms with E-state index in [9.17, 15) is 0 Å². The molecule has 0 aliphatic heterocycles. The number of fused-ring (bicyclic) bond motifs is 10. The van der Waals surface area contributed by atoms with E-state index in [0.29, 0.717) is 22.9 Å². The molecule has 0 atom stereocenters. The molecule has 0 aliphatic carbocycles.